The first-order valence-corrected chi connectivity index (χ1v) is 18.1. The maximum Gasteiger partial charge on any atom is 0.145 e. The highest BCUT2D eigenvalue weighted by molar-refractivity contribution is 6.07. The Balaban J connectivity index is 1.07. The summed E-state index contributed by atoms with van der Waals surface area (Å²) < 4.78 is 8.95. The molecule has 53 heavy (non-hydrogen) atoms. The SMILES string of the molecule is CC(C)(C)c1ccc(N2C=CN(c3cc(Oc4cccc(-n5c6ccccc6c6cccnc65)c4)cc(-c4ccccc4)c3)C2)c(-c2ccccc2)c1. The molecule has 6 aromatic carbocycles. The van der Waals surface area contributed by atoms with Crippen molar-refractivity contribution in [3.8, 4) is 39.4 Å². The number of pyridine rings is 1. The molecule has 3 heterocycles. The summed E-state index contributed by atoms with van der Waals surface area (Å²) in [6.07, 6.45) is 6.19. The van der Waals surface area contributed by atoms with E-state index in [2.05, 4.69) is 187 Å². The minimum absolute atomic E-state index is 0.0447. The van der Waals surface area contributed by atoms with E-state index in [1.54, 1.807) is 0 Å². The predicted molar refractivity (Wildman–Crippen MR) is 220 cm³/mol. The second-order valence-corrected chi connectivity index (χ2v) is 14.6. The molecule has 0 saturated carbocycles. The molecule has 0 saturated heterocycles. The minimum atomic E-state index is 0.0447. The van der Waals surface area contributed by atoms with Crippen LogP contribution in [0.1, 0.15) is 26.3 Å². The number of hydrogen-bond donors (Lipinski definition) is 0. The fourth-order valence-corrected chi connectivity index (χ4v) is 7.33. The number of para-hydroxylation sites is 1. The van der Waals surface area contributed by atoms with Crippen molar-refractivity contribution in [1.29, 1.82) is 0 Å². The molecule has 0 spiro atoms. The van der Waals surface area contributed by atoms with Crippen LogP contribution in [-0.2, 0) is 5.41 Å². The molecule has 2 aromatic heterocycles. The van der Waals surface area contributed by atoms with Gasteiger partial charge in [0, 0.05) is 52.8 Å². The lowest BCUT2D eigenvalue weighted by Gasteiger charge is -2.27. The average Bonchev–Trinajstić information content (AvgIpc) is 3.82. The lowest BCUT2D eigenvalue weighted by Crippen LogP contribution is -2.25. The topological polar surface area (TPSA) is 33.5 Å². The maximum atomic E-state index is 6.74. The third kappa shape index (κ3) is 6.21. The largest absolute Gasteiger partial charge is 0.457 e. The van der Waals surface area contributed by atoms with E-state index in [0.29, 0.717) is 6.67 Å². The molecule has 5 heteroatoms. The molecule has 0 fully saturated rings. The Kier molecular flexibility index (Phi) is 8.04. The maximum absolute atomic E-state index is 6.74. The molecule has 0 N–H and O–H groups in total. The molecule has 0 radical (unpaired) electrons. The Bertz CT molecular complexity index is 2560. The van der Waals surface area contributed by atoms with Crippen LogP contribution in [0.15, 0.2) is 176 Å². The van der Waals surface area contributed by atoms with E-state index in [9.17, 15) is 0 Å². The fraction of sp³-hybridized carbons (Fsp3) is 0.104. The average molecular weight is 689 g/mol. The van der Waals surface area contributed by atoms with E-state index in [1.807, 2.05) is 24.4 Å². The summed E-state index contributed by atoms with van der Waals surface area (Å²) in [5, 5.41) is 2.30. The van der Waals surface area contributed by atoms with Gasteiger partial charge in [-0.2, -0.15) is 0 Å². The minimum Gasteiger partial charge on any atom is -0.457 e. The number of benzene rings is 6. The molecular weight excluding hydrogens is 649 g/mol. The number of nitrogens with zero attached hydrogens (tertiary/aromatic N) is 4. The van der Waals surface area contributed by atoms with Crippen molar-refractivity contribution >= 4 is 33.3 Å². The number of anilines is 2. The zero-order valence-electron chi connectivity index (χ0n) is 30.1. The summed E-state index contributed by atoms with van der Waals surface area (Å²) in [4.78, 5) is 9.39. The lowest BCUT2D eigenvalue weighted by atomic mass is 9.85. The van der Waals surface area contributed by atoms with Crippen molar-refractivity contribution in [2.45, 2.75) is 26.2 Å². The molecule has 8 aromatic rings. The molecule has 9 rings (SSSR count). The van der Waals surface area contributed by atoms with Crippen LogP contribution >= 0.6 is 0 Å². The first-order valence-electron chi connectivity index (χ1n) is 18.1. The summed E-state index contributed by atoms with van der Waals surface area (Å²) in [5.41, 5.74) is 11.3. The van der Waals surface area contributed by atoms with Crippen LogP contribution in [0.5, 0.6) is 11.5 Å². The Morgan fingerprint density at radius 3 is 2.08 bits per heavy atom. The predicted octanol–water partition coefficient (Wildman–Crippen LogP) is 12.4. The van der Waals surface area contributed by atoms with Gasteiger partial charge in [0.05, 0.1) is 23.6 Å². The smallest absolute Gasteiger partial charge is 0.145 e. The number of fused-ring (bicyclic) bond motifs is 3. The molecule has 258 valence electrons. The monoisotopic (exact) mass is 688 g/mol. The molecule has 1 aliphatic rings. The van der Waals surface area contributed by atoms with Gasteiger partial charge >= 0.3 is 0 Å². The first kappa shape index (κ1) is 32.3. The first-order chi connectivity index (χ1) is 25.9. The van der Waals surface area contributed by atoms with Gasteiger partial charge in [0.25, 0.3) is 0 Å². The van der Waals surface area contributed by atoms with Gasteiger partial charge in [-0.1, -0.05) is 112 Å². The summed E-state index contributed by atoms with van der Waals surface area (Å²) >= 11 is 0. The van der Waals surface area contributed by atoms with Crippen molar-refractivity contribution < 1.29 is 4.74 Å². The van der Waals surface area contributed by atoms with Crippen LogP contribution in [0.3, 0.4) is 0 Å². The Morgan fingerprint density at radius 2 is 1.26 bits per heavy atom. The normalized spacial score (nSPS) is 13.0. The summed E-state index contributed by atoms with van der Waals surface area (Å²) in [6, 6.07) is 55.5. The summed E-state index contributed by atoms with van der Waals surface area (Å²) in [5.74, 6) is 1.52. The van der Waals surface area contributed by atoms with E-state index in [0.717, 1.165) is 50.6 Å². The van der Waals surface area contributed by atoms with Gasteiger partial charge in [-0.05, 0) is 82.3 Å². The molecule has 0 atom stereocenters. The van der Waals surface area contributed by atoms with Crippen LogP contribution in [0, 0.1) is 0 Å². The van der Waals surface area contributed by atoms with Crippen molar-refractivity contribution in [3.05, 3.63) is 182 Å². The third-order valence-electron chi connectivity index (χ3n) is 10.1. The molecule has 5 nitrogen and oxygen atoms in total. The van der Waals surface area contributed by atoms with E-state index < -0.39 is 0 Å². The number of ether oxygens (including phenoxy) is 1. The van der Waals surface area contributed by atoms with Gasteiger partial charge < -0.3 is 14.5 Å². The summed E-state index contributed by atoms with van der Waals surface area (Å²) in [6.45, 7) is 7.48. The quantitative estimate of drug-likeness (QED) is 0.167. The van der Waals surface area contributed by atoms with Crippen LogP contribution in [-0.4, -0.2) is 16.2 Å². The second kappa shape index (κ2) is 13.2. The van der Waals surface area contributed by atoms with E-state index in [-0.39, 0.29) is 5.41 Å². The van der Waals surface area contributed by atoms with Gasteiger partial charge in [-0.15, -0.1) is 0 Å². The van der Waals surface area contributed by atoms with Crippen LogP contribution in [0.4, 0.5) is 11.4 Å². The van der Waals surface area contributed by atoms with Crippen molar-refractivity contribution in [1.82, 2.24) is 9.55 Å². The zero-order chi connectivity index (χ0) is 35.9. The highest BCUT2D eigenvalue weighted by atomic mass is 16.5. The molecule has 1 aliphatic heterocycles. The number of rotatable bonds is 7. The molecule has 0 amide bonds. The highest BCUT2D eigenvalue weighted by Crippen LogP contribution is 2.40. The summed E-state index contributed by atoms with van der Waals surface area (Å²) in [7, 11) is 0. The molecule has 0 unspecified atom stereocenters. The van der Waals surface area contributed by atoms with Crippen LogP contribution < -0.4 is 14.5 Å². The van der Waals surface area contributed by atoms with E-state index in [4.69, 9.17) is 9.72 Å². The van der Waals surface area contributed by atoms with Crippen molar-refractivity contribution in [2.75, 3.05) is 16.5 Å². The van der Waals surface area contributed by atoms with Crippen molar-refractivity contribution in [2.24, 2.45) is 0 Å². The van der Waals surface area contributed by atoms with Gasteiger partial charge in [0.2, 0.25) is 0 Å². The van der Waals surface area contributed by atoms with Gasteiger partial charge in [-0.3, -0.25) is 4.57 Å². The van der Waals surface area contributed by atoms with Gasteiger partial charge in [0.15, 0.2) is 0 Å². The molecule has 0 aliphatic carbocycles. The Morgan fingerprint density at radius 1 is 0.547 bits per heavy atom. The Labute approximate surface area is 310 Å². The number of hydrogen-bond acceptors (Lipinski definition) is 4. The number of aromatic nitrogens is 2. The highest BCUT2D eigenvalue weighted by Gasteiger charge is 2.23. The lowest BCUT2D eigenvalue weighted by molar-refractivity contribution is 0.483. The third-order valence-corrected chi connectivity index (χ3v) is 10.1. The van der Waals surface area contributed by atoms with E-state index >= 15 is 0 Å². The van der Waals surface area contributed by atoms with Crippen LogP contribution in [0.25, 0.3) is 49.9 Å². The van der Waals surface area contributed by atoms with Crippen molar-refractivity contribution in [3.63, 3.8) is 0 Å². The molecule has 0 bridgehead atoms. The van der Waals surface area contributed by atoms with E-state index in [1.165, 1.54) is 27.8 Å². The molecular formula is C48H40N4O. The fourth-order valence-electron chi connectivity index (χ4n) is 7.33. The second-order valence-electron chi connectivity index (χ2n) is 14.6. The van der Waals surface area contributed by atoms with Gasteiger partial charge in [0.1, 0.15) is 17.1 Å². The van der Waals surface area contributed by atoms with Gasteiger partial charge in [-0.25, -0.2) is 4.98 Å². The zero-order valence-corrected chi connectivity index (χ0v) is 30.1. The Hall–Kier alpha value is -6.59. The standard InChI is InChI=1S/C48H40N4O/c1-48(2,3)37-23-24-45(44(30-37)35-16-8-5-9-17-35)51-27-26-50(33-51)39-28-36(34-14-6-4-7-15-34)29-41(32-39)53-40-19-12-18-38(31-40)52-46-22-11-10-20-42(46)43-21-13-25-49-47(43)52/h4-32H,33H2,1-3H3. The van der Waals surface area contributed by atoms with Crippen LogP contribution in [0.2, 0.25) is 0 Å².